The van der Waals surface area contributed by atoms with Gasteiger partial charge in [-0.2, -0.15) is 0 Å². The number of nitrogens with zero attached hydrogens (tertiary/aromatic N) is 1. The minimum Gasteiger partial charge on any atom is -0.393 e. The van der Waals surface area contributed by atoms with Crippen LogP contribution in [0.15, 0.2) is 35.3 Å². The van der Waals surface area contributed by atoms with Crippen LogP contribution in [0.4, 0.5) is 10.3 Å². The molecule has 2 aromatic carbocycles. The van der Waals surface area contributed by atoms with Gasteiger partial charge >= 0.3 is 0 Å². The molecule has 0 radical (unpaired) electrons. The van der Waals surface area contributed by atoms with Crippen LogP contribution in [0.1, 0.15) is 25.7 Å². The van der Waals surface area contributed by atoms with E-state index in [2.05, 4.69) is 15.3 Å². The molecule has 0 atom stereocenters. The fourth-order valence-electron chi connectivity index (χ4n) is 4.13. The number of hydrogen-bond donors (Lipinski definition) is 4. The summed E-state index contributed by atoms with van der Waals surface area (Å²) in [7, 11) is 0. The van der Waals surface area contributed by atoms with Crippen molar-refractivity contribution in [3.63, 3.8) is 0 Å². The van der Waals surface area contributed by atoms with E-state index in [1.54, 1.807) is 12.3 Å². The number of halogens is 1. The predicted octanol–water partition coefficient (Wildman–Crippen LogP) is 3.41. The molecule has 0 unspecified atom stereocenters. The molecule has 6 nitrogen and oxygen atoms in total. The number of aromatic amines is 2. The van der Waals surface area contributed by atoms with E-state index in [1.165, 1.54) is 12.1 Å². The summed E-state index contributed by atoms with van der Waals surface area (Å²) in [6, 6.07) is 6.49. The summed E-state index contributed by atoms with van der Waals surface area (Å²) in [5.74, 6) is 0.242. The molecule has 5 rings (SSSR count). The highest BCUT2D eigenvalue weighted by atomic mass is 19.1. The quantitative estimate of drug-likeness (QED) is 0.409. The third-order valence-electron chi connectivity index (χ3n) is 5.48. The van der Waals surface area contributed by atoms with E-state index in [-0.39, 0.29) is 23.5 Å². The average molecular weight is 366 g/mol. The number of benzene rings is 2. The van der Waals surface area contributed by atoms with Crippen LogP contribution in [0.3, 0.4) is 0 Å². The van der Waals surface area contributed by atoms with E-state index in [0.717, 1.165) is 36.6 Å². The number of nitrogens with one attached hydrogen (secondary N) is 3. The van der Waals surface area contributed by atoms with Crippen LogP contribution < -0.4 is 10.9 Å². The summed E-state index contributed by atoms with van der Waals surface area (Å²) in [6.07, 6.45) is 4.69. The maximum Gasteiger partial charge on any atom is 0.256 e. The lowest BCUT2D eigenvalue weighted by Gasteiger charge is -2.25. The van der Waals surface area contributed by atoms with E-state index in [0.29, 0.717) is 27.6 Å². The molecule has 138 valence electrons. The van der Waals surface area contributed by atoms with Gasteiger partial charge in [-0.05, 0) is 49.9 Å². The molecule has 1 aliphatic carbocycles. The maximum atomic E-state index is 13.9. The number of aliphatic hydroxyl groups is 1. The van der Waals surface area contributed by atoms with Gasteiger partial charge in [0.2, 0.25) is 5.95 Å². The lowest BCUT2D eigenvalue weighted by atomic mass is 9.93. The van der Waals surface area contributed by atoms with Crippen LogP contribution in [-0.4, -0.2) is 32.2 Å². The van der Waals surface area contributed by atoms with E-state index in [1.807, 2.05) is 6.07 Å². The zero-order valence-corrected chi connectivity index (χ0v) is 14.6. The fraction of sp³-hybridized carbons (Fsp3) is 0.300. The number of fused-ring (bicyclic) bond motifs is 6. The van der Waals surface area contributed by atoms with Gasteiger partial charge in [0, 0.05) is 28.4 Å². The van der Waals surface area contributed by atoms with Crippen LogP contribution >= 0.6 is 0 Å². The first-order chi connectivity index (χ1) is 13.1. The first-order valence-electron chi connectivity index (χ1n) is 9.17. The Balaban J connectivity index is 1.72. The van der Waals surface area contributed by atoms with Gasteiger partial charge in [-0.3, -0.25) is 4.79 Å². The lowest BCUT2D eigenvalue weighted by Crippen LogP contribution is -2.28. The molecule has 4 aromatic rings. The SMILES string of the molecule is O=c1[nH]ccc2c3[nH]c(N[C@H]4CC[C@H](O)CC4)nc3c3ccc(F)cc3c12. The summed E-state index contributed by atoms with van der Waals surface area (Å²) in [6.45, 7) is 0. The molecular formula is C20H19FN4O2. The summed E-state index contributed by atoms with van der Waals surface area (Å²) >= 11 is 0. The van der Waals surface area contributed by atoms with Crippen LogP contribution in [0.2, 0.25) is 0 Å². The Morgan fingerprint density at radius 3 is 2.74 bits per heavy atom. The number of aliphatic hydroxyl groups excluding tert-OH is 1. The number of rotatable bonds is 2. The van der Waals surface area contributed by atoms with Gasteiger partial charge in [0.1, 0.15) is 5.82 Å². The summed E-state index contributed by atoms with van der Waals surface area (Å²) in [5.41, 5.74) is 1.21. The first-order valence-corrected chi connectivity index (χ1v) is 9.17. The average Bonchev–Trinajstić information content (AvgIpc) is 3.07. The number of H-pyrrole nitrogens is 2. The lowest BCUT2D eigenvalue weighted by molar-refractivity contribution is 0.126. The number of hydrogen-bond acceptors (Lipinski definition) is 4. The van der Waals surface area contributed by atoms with Crippen LogP contribution in [0.25, 0.3) is 32.6 Å². The van der Waals surface area contributed by atoms with Crippen molar-refractivity contribution in [1.29, 1.82) is 0 Å². The monoisotopic (exact) mass is 366 g/mol. The zero-order chi connectivity index (χ0) is 18.5. The van der Waals surface area contributed by atoms with Crippen molar-refractivity contribution >= 4 is 38.5 Å². The normalized spacial score (nSPS) is 20.5. The minimum atomic E-state index is -0.388. The van der Waals surface area contributed by atoms with Crippen molar-refractivity contribution in [2.45, 2.75) is 37.8 Å². The van der Waals surface area contributed by atoms with Gasteiger partial charge in [0.05, 0.1) is 22.5 Å². The molecular weight excluding hydrogens is 347 g/mol. The van der Waals surface area contributed by atoms with E-state index >= 15 is 0 Å². The van der Waals surface area contributed by atoms with Crippen molar-refractivity contribution in [2.24, 2.45) is 0 Å². The molecule has 0 amide bonds. The molecule has 2 aromatic heterocycles. The van der Waals surface area contributed by atoms with Gasteiger partial charge in [-0.15, -0.1) is 0 Å². The third kappa shape index (κ3) is 2.66. The second-order valence-electron chi connectivity index (χ2n) is 7.24. The van der Waals surface area contributed by atoms with Gasteiger partial charge < -0.3 is 20.4 Å². The standard InChI is InChI=1S/C20H19FN4O2/c21-10-1-6-13-15(9-10)16-14(7-8-22-19(16)27)18-17(13)24-20(25-18)23-11-2-4-12(26)5-3-11/h1,6-9,11-12,26H,2-5H2,(H,22,27)(H2,23,24,25)/t11-,12-. The summed E-state index contributed by atoms with van der Waals surface area (Å²) in [4.78, 5) is 23.1. The maximum absolute atomic E-state index is 13.9. The van der Waals surface area contributed by atoms with Crippen LogP contribution in [0, 0.1) is 5.82 Å². The molecule has 0 bridgehead atoms. The molecule has 1 saturated carbocycles. The van der Waals surface area contributed by atoms with Gasteiger partial charge in [0.25, 0.3) is 5.56 Å². The molecule has 27 heavy (non-hydrogen) atoms. The van der Waals surface area contributed by atoms with E-state index in [4.69, 9.17) is 4.98 Å². The number of aromatic nitrogens is 3. The van der Waals surface area contributed by atoms with Crippen molar-refractivity contribution in [1.82, 2.24) is 15.0 Å². The molecule has 4 N–H and O–H groups in total. The van der Waals surface area contributed by atoms with E-state index < -0.39 is 0 Å². The Labute approximate surface area is 153 Å². The molecule has 0 aliphatic heterocycles. The Bertz CT molecular complexity index is 1220. The van der Waals surface area contributed by atoms with Crippen LogP contribution in [-0.2, 0) is 0 Å². The summed E-state index contributed by atoms with van der Waals surface area (Å²) < 4.78 is 13.9. The van der Waals surface area contributed by atoms with Crippen molar-refractivity contribution in [2.75, 3.05) is 5.32 Å². The first kappa shape index (κ1) is 16.3. The Morgan fingerprint density at radius 1 is 1.11 bits per heavy atom. The number of pyridine rings is 1. The molecule has 7 heteroatoms. The zero-order valence-electron chi connectivity index (χ0n) is 14.6. The highest BCUT2D eigenvalue weighted by Crippen LogP contribution is 2.33. The van der Waals surface area contributed by atoms with E-state index in [9.17, 15) is 14.3 Å². The highest BCUT2D eigenvalue weighted by molar-refractivity contribution is 6.23. The van der Waals surface area contributed by atoms with Gasteiger partial charge in [0.15, 0.2) is 0 Å². The molecule has 1 fully saturated rings. The summed E-state index contributed by atoms with van der Waals surface area (Å²) in [5, 5.41) is 15.5. The van der Waals surface area contributed by atoms with Crippen molar-refractivity contribution in [3.05, 3.63) is 46.6 Å². The topological polar surface area (TPSA) is 93.8 Å². The second-order valence-corrected chi connectivity index (χ2v) is 7.24. The third-order valence-corrected chi connectivity index (χ3v) is 5.48. The van der Waals surface area contributed by atoms with Crippen molar-refractivity contribution < 1.29 is 9.50 Å². The molecule has 0 spiro atoms. The number of anilines is 1. The molecule has 1 aliphatic rings. The Kier molecular flexibility index (Phi) is 3.65. The van der Waals surface area contributed by atoms with Gasteiger partial charge in [-0.25, -0.2) is 9.37 Å². The number of imidazole rings is 1. The van der Waals surface area contributed by atoms with Crippen molar-refractivity contribution in [3.8, 4) is 0 Å². The second kappa shape index (κ2) is 6.06. The van der Waals surface area contributed by atoms with Gasteiger partial charge in [-0.1, -0.05) is 0 Å². The predicted molar refractivity (Wildman–Crippen MR) is 104 cm³/mol. The molecule has 2 heterocycles. The Hall–Kier alpha value is -2.93. The van der Waals surface area contributed by atoms with Crippen LogP contribution in [0.5, 0.6) is 0 Å². The highest BCUT2D eigenvalue weighted by Gasteiger charge is 2.21. The minimum absolute atomic E-state index is 0.215. The fourth-order valence-corrected chi connectivity index (χ4v) is 4.13. The molecule has 0 saturated heterocycles. The largest absolute Gasteiger partial charge is 0.393 e. The smallest absolute Gasteiger partial charge is 0.256 e. The Morgan fingerprint density at radius 2 is 1.93 bits per heavy atom.